The molecule has 3 aliphatic heterocycles. The van der Waals surface area contributed by atoms with Crippen LogP contribution >= 0.6 is 11.6 Å². The van der Waals surface area contributed by atoms with Crippen molar-refractivity contribution in [3.8, 4) is 0 Å². The monoisotopic (exact) mass is 290 g/mol. The number of aromatic amines is 1. The van der Waals surface area contributed by atoms with Crippen LogP contribution < -0.4 is 10.2 Å². The van der Waals surface area contributed by atoms with Crippen molar-refractivity contribution in [3.63, 3.8) is 0 Å². The first-order valence-electron chi connectivity index (χ1n) is 6.89. The van der Waals surface area contributed by atoms with Crippen molar-refractivity contribution in [2.75, 3.05) is 18.0 Å². The van der Waals surface area contributed by atoms with E-state index in [4.69, 9.17) is 11.6 Å². The molecule has 0 saturated carbocycles. The number of H-pyrrole nitrogens is 1. The minimum absolute atomic E-state index is 0.0620. The van der Waals surface area contributed by atoms with E-state index < -0.39 is 0 Å². The number of benzene rings is 1. The van der Waals surface area contributed by atoms with Crippen LogP contribution in [0.1, 0.15) is 12.8 Å². The third-order valence-corrected chi connectivity index (χ3v) is 4.63. The Morgan fingerprint density at radius 1 is 1.30 bits per heavy atom. The maximum Gasteiger partial charge on any atom is 0.225 e. The summed E-state index contributed by atoms with van der Waals surface area (Å²) < 4.78 is 0. The van der Waals surface area contributed by atoms with Crippen LogP contribution in [0.2, 0.25) is 5.02 Å². The van der Waals surface area contributed by atoms with Crippen molar-refractivity contribution >= 4 is 34.1 Å². The molecule has 1 aromatic carbocycles. The molecule has 2 aromatic rings. The van der Waals surface area contributed by atoms with Gasteiger partial charge in [-0.2, -0.15) is 5.10 Å². The molecule has 0 spiro atoms. The molecule has 1 amide bonds. The Balaban J connectivity index is 1.81. The number of amides is 1. The number of carbonyl (C=O) groups excluding carboxylic acids is 1. The molecule has 3 saturated heterocycles. The first-order valence-corrected chi connectivity index (χ1v) is 7.27. The Morgan fingerprint density at radius 3 is 3.05 bits per heavy atom. The number of anilines is 1. The van der Waals surface area contributed by atoms with Crippen LogP contribution in [0.3, 0.4) is 0 Å². The maximum absolute atomic E-state index is 12.0. The standard InChI is InChI=1S/C14H15ClN4O/c15-11-3-4-12-10(5-16-18-12)13(11)19-6-8-1-2-9(7-19)17-14(8)20/h3-5,8-9H,1-2,6-7H2,(H,16,18)(H,17,20)/t8-,9+/m1/s1. The first-order chi connectivity index (χ1) is 9.72. The number of hydrogen-bond acceptors (Lipinski definition) is 3. The van der Waals surface area contributed by atoms with Crippen LogP contribution in [0.25, 0.3) is 10.9 Å². The molecular weight excluding hydrogens is 276 g/mol. The van der Waals surface area contributed by atoms with Crippen molar-refractivity contribution in [1.82, 2.24) is 15.5 Å². The summed E-state index contributed by atoms with van der Waals surface area (Å²) >= 11 is 6.41. The first kappa shape index (κ1) is 12.0. The van der Waals surface area contributed by atoms with Gasteiger partial charge in [0.25, 0.3) is 0 Å². The Kier molecular flexibility index (Phi) is 2.63. The summed E-state index contributed by atoms with van der Waals surface area (Å²) in [5.74, 6) is 0.242. The van der Waals surface area contributed by atoms with E-state index in [1.54, 1.807) is 6.20 Å². The molecule has 1 aromatic heterocycles. The fourth-order valence-electron chi connectivity index (χ4n) is 3.32. The lowest BCUT2D eigenvalue weighted by Gasteiger charge is -2.26. The molecule has 2 bridgehead atoms. The van der Waals surface area contributed by atoms with Gasteiger partial charge in [-0.1, -0.05) is 11.6 Å². The zero-order valence-corrected chi connectivity index (χ0v) is 11.7. The highest BCUT2D eigenvalue weighted by Crippen LogP contribution is 2.36. The molecule has 104 valence electrons. The van der Waals surface area contributed by atoms with Crippen molar-refractivity contribution in [1.29, 1.82) is 0 Å². The highest BCUT2D eigenvalue weighted by molar-refractivity contribution is 6.35. The molecule has 5 rings (SSSR count). The number of nitrogens with zero attached hydrogens (tertiary/aromatic N) is 2. The van der Waals surface area contributed by atoms with Gasteiger partial charge in [0.05, 0.1) is 28.3 Å². The fourth-order valence-corrected chi connectivity index (χ4v) is 3.61. The molecule has 2 atom stereocenters. The second-order valence-corrected chi connectivity index (χ2v) is 6.02. The van der Waals surface area contributed by atoms with Gasteiger partial charge in [0, 0.05) is 24.5 Å². The maximum atomic E-state index is 12.0. The second kappa shape index (κ2) is 4.38. The van der Waals surface area contributed by atoms with Crippen LogP contribution in [0.5, 0.6) is 0 Å². The summed E-state index contributed by atoms with van der Waals surface area (Å²) in [7, 11) is 0. The van der Waals surface area contributed by atoms with E-state index in [2.05, 4.69) is 20.4 Å². The van der Waals surface area contributed by atoms with Gasteiger partial charge in [0.15, 0.2) is 0 Å². The number of fused-ring (bicyclic) bond motifs is 5. The molecule has 3 aliphatic rings. The molecule has 0 radical (unpaired) electrons. The Bertz CT molecular complexity index is 683. The minimum Gasteiger partial charge on any atom is -0.367 e. The molecule has 6 heteroatoms. The number of piperidine rings is 1. The Morgan fingerprint density at radius 2 is 2.20 bits per heavy atom. The number of hydrogen-bond donors (Lipinski definition) is 2. The fraction of sp³-hybridized carbons (Fsp3) is 0.429. The summed E-state index contributed by atoms with van der Waals surface area (Å²) in [5, 5.41) is 11.9. The summed E-state index contributed by atoms with van der Waals surface area (Å²) in [6.07, 6.45) is 3.82. The highest BCUT2D eigenvalue weighted by atomic mass is 35.5. The number of rotatable bonds is 1. The lowest BCUT2D eigenvalue weighted by atomic mass is 9.96. The summed E-state index contributed by atoms with van der Waals surface area (Å²) in [6.45, 7) is 1.54. The molecule has 4 heterocycles. The van der Waals surface area contributed by atoms with Gasteiger partial charge in [0.1, 0.15) is 0 Å². The molecule has 0 aliphatic carbocycles. The number of aromatic nitrogens is 2. The van der Waals surface area contributed by atoms with Gasteiger partial charge < -0.3 is 10.2 Å². The van der Waals surface area contributed by atoms with Crippen molar-refractivity contribution < 1.29 is 4.79 Å². The Hall–Kier alpha value is -1.75. The Labute approximate surface area is 121 Å². The van der Waals surface area contributed by atoms with Gasteiger partial charge >= 0.3 is 0 Å². The third kappa shape index (κ3) is 1.77. The van der Waals surface area contributed by atoms with Gasteiger partial charge in [-0.25, -0.2) is 0 Å². The number of carbonyl (C=O) groups is 1. The van der Waals surface area contributed by atoms with E-state index >= 15 is 0 Å². The smallest absolute Gasteiger partial charge is 0.225 e. The average molecular weight is 291 g/mol. The number of nitrogens with one attached hydrogen (secondary N) is 2. The second-order valence-electron chi connectivity index (χ2n) is 5.61. The average Bonchev–Trinajstić information content (AvgIpc) is 2.73. The molecule has 5 nitrogen and oxygen atoms in total. The predicted octanol–water partition coefficient (Wildman–Crippen LogP) is 1.93. The van der Waals surface area contributed by atoms with Crippen molar-refractivity contribution in [2.24, 2.45) is 5.92 Å². The van der Waals surface area contributed by atoms with Gasteiger partial charge in [-0.15, -0.1) is 0 Å². The van der Waals surface area contributed by atoms with Crippen LogP contribution in [0.15, 0.2) is 18.3 Å². The lowest BCUT2D eigenvalue weighted by molar-refractivity contribution is -0.126. The van der Waals surface area contributed by atoms with Crippen LogP contribution in [0.4, 0.5) is 5.69 Å². The van der Waals surface area contributed by atoms with E-state index in [-0.39, 0.29) is 17.9 Å². The number of halogens is 1. The van der Waals surface area contributed by atoms with E-state index in [0.29, 0.717) is 5.02 Å². The third-order valence-electron chi connectivity index (χ3n) is 4.33. The highest BCUT2D eigenvalue weighted by Gasteiger charge is 2.35. The van der Waals surface area contributed by atoms with E-state index in [9.17, 15) is 4.79 Å². The van der Waals surface area contributed by atoms with Gasteiger partial charge in [-0.3, -0.25) is 9.89 Å². The van der Waals surface area contributed by atoms with Crippen molar-refractivity contribution in [3.05, 3.63) is 23.4 Å². The minimum atomic E-state index is 0.0620. The predicted molar refractivity (Wildman–Crippen MR) is 78.0 cm³/mol. The summed E-state index contributed by atoms with van der Waals surface area (Å²) in [6, 6.07) is 4.04. The zero-order chi connectivity index (χ0) is 13.7. The quantitative estimate of drug-likeness (QED) is 0.844. The molecule has 3 fully saturated rings. The summed E-state index contributed by atoms with van der Waals surface area (Å²) in [4.78, 5) is 14.2. The van der Waals surface area contributed by atoms with Gasteiger partial charge in [-0.05, 0) is 25.0 Å². The van der Waals surface area contributed by atoms with E-state index in [1.807, 2.05) is 12.1 Å². The SMILES string of the molecule is O=C1N[C@H]2CC[C@@H]1CN(c1c(Cl)ccc3[nH]ncc13)C2. The van der Waals surface area contributed by atoms with E-state index in [1.165, 1.54) is 0 Å². The molecule has 2 N–H and O–H groups in total. The van der Waals surface area contributed by atoms with Gasteiger partial charge in [0.2, 0.25) is 5.91 Å². The molecule has 20 heavy (non-hydrogen) atoms. The van der Waals surface area contributed by atoms with E-state index in [0.717, 1.165) is 42.5 Å². The molecule has 0 unspecified atom stereocenters. The largest absolute Gasteiger partial charge is 0.367 e. The summed E-state index contributed by atoms with van der Waals surface area (Å²) in [5.41, 5.74) is 1.96. The normalized spacial score (nSPS) is 25.9. The van der Waals surface area contributed by atoms with Crippen LogP contribution in [-0.4, -0.2) is 35.2 Å². The van der Waals surface area contributed by atoms with Crippen LogP contribution in [-0.2, 0) is 4.79 Å². The lowest BCUT2D eigenvalue weighted by Crippen LogP contribution is -2.43. The van der Waals surface area contributed by atoms with Crippen molar-refractivity contribution in [2.45, 2.75) is 18.9 Å². The zero-order valence-electron chi connectivity index (χ0n) is 10.9. The molecular formula is C14H15ClN4O. The van der Waals surface area contributed by atoms with Crippen LogP contribution in [0, 0.1) is 5.92 Å². The topological polar surface area (TPSA) is 61.0 Å².